The Kier molecular flexibility index (Phi) is 3.89. The van der Waals surface area contributed by atoms with Crippen LogP contribution in [0.15, 0.2) is 72.8 Å². The van der Waals surface area contributed by atoms with Crippen molar-refractivity contribution in [2.24, 2.45) is 0 Å². The van der Waals surface area contributed by atoms with Gasteiger partial charge in [0.25, 0.3) is 5.82 Å². The van der Waals surface area contributed by atoms with E-state index in [0.29, 0.717) is 11.4 Å². The van der Waals surface area contributed by atoms with Crippen LogP contribution in [0.2, 0.25) is 0 Å². The first-order valence-corrected chi connectivity index (χ1v) is 8.11. The third-order valence-corrected chi connectivity index (χ3v) is 4.21. The fourth-order valence-corrected chi connectivity index (χ4v) is 2.88. The summed E-state index contributed by atoms with van der Waals surface area (Å²) in [5, 5.41) is 19.3. The fraction of sp³-hybridized carbons (Fsp3) is 0. The molecule has 4 N–H and O–H groups in total. The minimum atomic E-state index is -0.297. The lowest BCUT2D eigenvalue weighted by molar-refractivity contribution is -0.349. The van der Waals surface area contributed by atoms with Gasteiger partial charge in [0.15, 0.2) is 22.9 Å². The number of phenolic OH excluding ortho intramolecular Hbond substituents is 2. The smallest absolute Gasteiger partial charge is 0.285 e. The zero-order valence-corrected chi connectivity index (χ0v) is 13.7. The Balaban J connectivity index is 1.90. The second-order valence-corrected chi connectivity index (χ2v) is 5.95. The van der Waals surface area contributed by atoms with Gasteiger partial charge in [-0.2, -0.15) is 0 Å². The summed E-state index contributed by atoms with van der Waals surface area (Å²) < 4.78 is 13.3. The first kappa shape index (κ1) is 15.9. The molecule has 0 aliphatic heterocycles. The van der Waals surface area contributed by atoms with Crippen LogP contribution in [0.3, 0.4) is 0 Å². The molecule has 0 spiro atoms. The highest BCUT2D eigenvalue weighted by molar-refractivity contribution is 5.78. The molecule has 5 heteroatoms. The Morgan fingerprint density at radius 3 is 2.12 bits per heavy atom. The van der Waals surface area contributed by atoms with Gasteiger partial charge in [0.1, 0.15) is 5.82 Å². The van der Waals surface area contributed by atoms with Gasteiger partial charge in [0, 0.05) is 11.1 Å². The molecule has 0 saturated carbocycles. The molecule has 1 heterocycles. The predicted octanol–water partition coefficient (Wildman–Crippen LogP) is 4.38. The van der Waals surface area contributed by atoms with Crippen LogP contribution in [0.5, 0.6) is 11.5 Å². The topological polar surface area (TPSA) is 70.4 Å². The summed E-state index contributed by atoms with van der Waals surface area (Å²) in [6, 6.07) is 20.6. The van der Waals surface area contributed by atoms with Crippen molar-refractivity contribution in [1.82, 2.24) is 4.98 Å². The van der Waals surface area contributed by atoms with Crippen LogP contribution in [-0.4, -0.2) is 15.2 Å². The third-order valence-electron chi connectivity index (χ3n) is 4.21. The van der Waals surface area contributed by atoms with Gasteiger partial charge in [-0.05, 0) is 42.5 Å². The number of rotatable bonds is 3. The number of aromatic hydroxyl groups is 2. The molecule has 0 radical (unpaired) electrons. The Morgan fingerprint density at radius 2 is 1.42 bits per heavy atom. The molecule has 0 fully saturated rings. The molecule has 128 valence electrons. The lowest BCUT2D eigenvalue weighted by Gasteiger charge is -1.99. The summed E-state index contributed by atoms with van der Waals surface area (Å²) in [7, 11) is 0. The number of phenols is 2. The zero-order chi connectivity index (χ0) is 18.1. The van der Waals surface area contributed by atoms with E-state index >= 15 is 0 Å². The van der Waals surface area contributed by atoms with Crippen molar-refractivity contribution in [3.63, 3.8) is 0 Å². The minimum absolute atomic E-state index is 0.178. The highest BCUT2D eigenvalue weighted by atomic mass is 19.1. The van der Waals surface area contributed by atoms with Crippen molar-refractivity contribution in [3.8, 4) is 45.4 Å². The average Bonchev–Trinajstić information content (AvgIpc) is 3.11. The van der Waals surface area contributed by atoms with E-state index in [2.05, 4.69) is 9.97 Å². The summed E-state index contributed by atoms with van der Waals surface area (Å²) in [6.07, 6.45) is 0. The van der Waals surface area contributed by atoms with E-state index in [-0.39, 0.29) is 17.3 Å². The number of halogens is 1. The maximum absolute atomic E-state index is 13.3. The lowest BCUT2D eigenvalue weighted by atomic mass is 10.1. The van der Waals surface area contributed by atoms with Gasteiger partial charge in [-0.15, -0.1) is 0 Å². The molecule has 0 unspecified atom stereocenters. The molecule has 0 aliphatic rings. The van der Waals surface area contributed by atoms with Crippen LogP contribution >= 0.6 is 0 Å². The number of hydrogen-bond acceptors (Lipinski definition) is 2. The molecule has 26 heavy (non-hydrogen) atoms. The summed E-state index contributed by atoms with van der Waals surface area (Å²) in [4.78, 5) is 6.64. The van der Waals surface area contributed by atoms with Gasteiger partial charge in [-0.1, -0.05) is 30.3 Å². The second kappa shape index (κ2) is 6.37. The van der Waals surface area contributed by atoms with E-state index in [0.717, 1.165) is 22.5 Å². The predicted molar refractivity (Wildman–Crippen MR) is 96.9 cm³/mol. The third kappa shape index (κ3) is 2.91. The van der Waals surface area contributed by atoms with Crippen LogP contribution in [0, 0.1) is 5.82 Å². The Hall–Kier alpha value is -3.60. The Bertz CT molecular complexity index is 1060. The molecule has 3 aromatic carbocycles. The Labute approximate surface area is 149 Å². The molecular formula is C21H16FN2O2+. The normalized spacial score (nSPS) is 10.8. The van der Waals surface area contributed by atoms with Crippen LogP contribution in [-0.2, 0) is 0 Å². The van der Waals surface area contributed by atoms with Gasteiger partial charge in [0.05, 0.1) is 5.56 Å². The number of aromatic nitrogens is 2. The molecular weight excluding hydrogens is 331 g/mol. The van der Waals surface area contributed by atoms with Gasteiger partial charge in [0.2, 0.25) is 0 Å². The molecule has 0 aliphatic carbocycles. The Morgan fingerprint density at radius 1 is 0.731 bits per heavy atom. The largest absolute Gasteiger partial charge is 0.504 e. The molecule has 0 atom stereocenters. The van der Waals surface area contributed by atoms with Gasteiger partial charge in [-0.25, -0.2) is 14.4 Å². The van der Waals surface area contributed by atoms with E-state index in [1.54, 1.807) is 18.2 Å². The maximum Gasteiger partial charge on any atom is 0.285 e. The van der Waals surface area contributed by atoms with Crippen LogP contribution in [0.1, 0.15) is 0 Å². The van der Waals surface area contributed by atoms with Crippen molar-refractivity contribution < 1.29 is 19.6 Å². The van der Waals surface area contributed by atoms with Crippen LogP contribution in [0.4, 0.5) is 4.39 Å². The monoisotopic (exact) mass is 347 g/mol. The number of benzene rings is 3. The van der Waals surface area contributed by atoms with Crippen LogP contribution in [0.25, 0.3) is 33.9 Å². The number of H-pyrrole nitrogens is 2. The van der Waals surface area contributed by atoms with Crippen molar-refractivity contribution in [1.29, 1.82) is 0 Å². The molecule has 4 aromatic rings. The van der Waals surface area contributed by atoms with E-state index < -0.39 is 0 Å². The quantitative estimate of drug-likeness (QED) is 0.481. The first-order chi connectivity index (χ1) is 12.6. The number of imidazole rings is 1. The highest BCUT2D eigenvalue weighted by Gasteiger charge is 2.22. The van der Waals surface area contributed by atoms with E-state index in [4.69, 9.17) is 0 Å². The standard InChI is InChI=1S/C21H15FN2O2/c22-16-9-6-14(7-10-16)20-19(13-4-2-1-3-5-13)23-21(24-20)15-8-11-17(25)18(26)12-15/h1-12,25-26H,(H,23,24)/p+1. The van der Waals surface area contributed by atoms with Gasteiger partial charge in [-0.3, -0.25) is 0 Å². The molecule has 4 rings (SSSR count). The summed E-state index contributed by atoms with van der Waals surface area (Å²) >= 11 is 0. The highest BCUT2D eigenvalue weighted by Crippen LogP contribution is 2.33. The summed E-state index contributed by atoms with van der Waals surface area (Å²) in [6.45, 7) is 0. The number of nitrogens with one attached hydrogen (secondary N) is 2. The van der Waals surface area contributed by atoms with Gasteiger partial charge < -0.3 is 10.2 Å². The van der Waals surface area contributed by atoms with E-state index in [9.17, 15) is 14.6 Å². The number of aromatic amines is 2. The van der Waals surface area contributed by atoms with Crippen LogP contribution < -0.4 is 4.98 Å². The molecule has 4 nitrogen and oxygen atoms in total. The van der Waals surface area contributed by atoms with E-state index in [1.165, 1.54) is 24.3 Å². The molecule has 1 aromatic heterocycles. The second-order valence-electron chi connectivity index (χ2n) is 5.95. The van der Waals surface area contributed by atoms with Gasteiger partial charge >= 0.3 is 0 Å². The van der Waals surface area contributed by atoms with E-state index in [1.807, 2.05) is 30.3 Å². The molecule has 0 amide bonds. The van der Waals surface area contributed by atoms with Crippen molar-refractivity contribution in [3.05, 3.63) is 78.6 Å². The summed E-state index contributed by atoms with van der Waals surface area (Å²) in [5.41, 5.74) is 4.14. The molecule has 0 bridgehead atoms. The lowest BCUT2D eigenvalue weighted by Crippen LogP contribution is -2.05. The van der Waals surface area contributed by atoms with Crippen molar-refractivity contribution in [2.75, 3.05) is 0 Å². The number of hydrogen-bond donors (Lipinski definition) is 3. The minimum Gasteiger partial charge on any atom is -0.504 e. The maximum atomic E-state index is 13.3. The first-order valence-electron chi connectivity index (χ1n) is 8.11. The SMILES string of the molecule is Oc1ccc(-c2[nH]c(-c3ccc(F)cc3)c(-c3ccccc3)[nH+]2)cc1O. The van der Waals surface area contributed by atoms with Crippen molar-refractivity contribution in [2.45, 2.75) is 0 Å². The fourth-order valence-electron chi connectivity index (χ4n) is 2.88. The zero-order valence-electron chi connectivity index (χ0n) is 13.7. The van der Waals surface area contributed by atoms with Crippen molar-refractivity contribution >= 4 is 0 Å². The summed E-state index contributed by atoms with van der Waals surface area (Å²) in [5.74, 6) is -0.00912. The average molecular weight is 347 g/mol. The molecule has 0 saturated heterocycles.